The highest BCUT2D eigenvalue weighted by atomic mass is 79.9. The maximum atomic E-state index is 9.76. The molecule has 0 aliphatic rings. The molecule has 0 atom stereocenters. The zero-order valence-corrected chi connectivity index (χ0v) is 13.3. The van der Waals surface area contributed by atoms with Crippen LogP contribution in [0.1, 0.15) is 5.56 Å². The monoisotopic (exact) mass is 404 g/mol. The number of hydrogen-bond donors (Lipinski definition) is 1. The minimum Gasteiger partial charge on any atom is -0.506 e. The molecule has 1 aromatic heterocycles. The van der Waals surface area contributed by atoms with Gasteiger partial charge in [-0.05, 0) is 28.1 Å². The van der Waals surface area contributed by atoms with Gasteiger partial charge in [-0.15, -0.1) is 5.11 Å². The number of phenols is 1. The van der Waals surface area contributed by atoms with Crippen molar-refractivity contribution in [1.29, 1.82) is 0 Å². The van der Waals surface area contributed by atoms with Gasteiger partial charge in [-0.2, -0.15) is 5.11 Å². The molecule has 8 heteroatoms. The first-order valence-electron chi connectivity index (χ1n) is 5.08. The summed E-state index contributed by atoms with van der Waals surface area (Å²) in [5.41, 5.74) is 0.570. The molecule has 0 fully saturated rings. The lowest BCUT2D eigenvalue weighted by molar-refractivity contribution is 0.468. The Hall–Kier alpha value is -1.05. The number of rotatable bonds is 3. The van der Waals surface area contributed by atoms with Gasteiger partial charge >= 0.3 is 0 Å². The molecule has 98 valence electrons. The van der Waals surface area contributed by atoms with E-state index in [4.69, 9.17) is 11.6 Å². The van der Waals surface area contributed by atoms with Crippen molar-refractivity contribution >= 4 is 49.4 Å². The highest BCUT2D eigenvalue weighted by molar-refractivity contribution is 9.10. The van der Waals surface area contributed by atoms with Crippen molar-refractivity contribution < 1.29 is 5.11 Å². The molecule has 0 spiro atoms. The molecule has 1 aromatic carbocycles. The van der Waals surface area contributed by atoms with E-state index in [1.165, 1.54) is 0 Å². The topological polar surface area (TPSA) is 70.7 Å². The minimum atomic E-state index is 0.000501. The van der Waals surface area contributed by atoms with Gasteiger partial charge in [-0.1, -0.05) is 27.5 Å². The van der Waals surface area contributed by atoms with Crippen molar-refractivity contribution in [2.45, 2.75) is 6.54 Å². The molecule has 1 N–H and O–H groups in total. The van der Waals surface area contributed by atoms with Crippen LogP contribution in [0.4, 0.5) is 5.95 Å². The molecule has 0 unspecified atom stereocenters. The van der Waals surface area contributed by atoms with E-state index in [1.54, 1.807) is 24.5 Å². The van der Waals surface area contributed by atoms with E-state index in [0.29, 0.717) is 5.56 Å². The van der Waals surface area contributed by atoms with Crippen LogP contribution < -0.4 is 0 Å². The normalized spacial score (nSPS) is 11.1. The van der Waals surface area contributed by atoms with Gasteiger partial charge in [0.2, 0.25) is 0 Å². The fraction of sp³-hybridized carbons (Fsp3) is 0.0909. The number of aromatic nitrogens is 2. The van der Waals surface area contributed by atoms with Gasteiger partial charge in [-0.3, -0.25) is 0 Å². The number of nitrogens with zero attached hydrogens (tertiary/aromatic N) is 4. The van der Waals surface area contributed by atoms with Gasteiger partial charge in [0.15, 0.2) is 0 Å². The van der Waals surface area contributed by atoms with Crippen LogP contribution >= 0.6 is 43.5 Å². The van der Waals surface area contributed by atoms with Gasteiger partial charge in [0.25, 0.3) is 5.95 Å². The summed E-state index contributed by atoms with van der Waals surface area (Å²) < 4.78 is 1.53. The largest absolute Gasteiger partial charge is 0.506 e. The maximum Gasteiger partial charge on any atom is 0.268 e. The third-order valence-electron chi connectivity index (χ3n) is 2.12. The van der Waals surface area contributed by atoms with Crippen molar-refractivity contribution in [3.8, 4) is 5.75 Å². The maximum absolute atomic E-state index is 9.76. The van der Waals surface area contributed by atoms with Crippen LogP contribution in [-0.2, 0) is 6.54 Å². The Kier molecular flexibility index (Phi) is 4.84. The van der Waals surface area contributed by atoms with E-state index < -0.39 is 0 Å². The molecule has 0 bridgehead atoms. The second kappa shape index (κ2) is 6.40. The lowest BCUT2D eigenvalue weighted by atomic mass is 10.2. The zero-order valence-electron chi connectivity index (χ0n) is 9.39. The van der Waals surface area contributed by atoms with E-state index in [2.05, 4.69) is 52.1 Å². The van der Waals surface area contributed by atoms with Crippen molar-refractivity contribution in [2.75, 3.05) is 0 Å². The average Bonchev–Trinajstić information content (AvgIpc) is 2.37. The number of hydrogen-bond acceptors (Lipinski definition) is 5. The molecule has 0 saturated carbocycles. The molecule has 0 saturated heterocycles. The van der Waals surface area contributed by atoms with E-state index in [-0.39, 0.29) is 23.3 Å². The van der Waals surface area contributed by atoms with Crippen molar-refractivity contribution in [1.82, 2.24) is 9.97 Å². The second-order valence-electron chi connectivity index (χ2n) is 3.50. The van der Waals surface area contributed by atoms with Crippen molar-refractivity contribution in [2.24, 2.45) is 10.2 Å². The Balaban J connectivity index is 2.12. The Morgan fingerprint density at radius 1 is 1.16 bits per heavy atom. The van der Waals surface area contributed by atoms with Gasteiger partial charge in [0.1, 0.15) is 5.75 Å². The fourth-order valence-corrected chi connectivity index (χ4v) is 2.35. The van der Waals surface area contributed by atoms with Crippen LogP contribution in [0, 0.1) is 0 Å². The van der Waals surface area contributed by atoms with Gasteiger partial charge < -0.3 is 5.11 Å². The summed E-state index contributed by atoms with van der Waals surface area (Å²) in [5.74, 6) is 0.254. The first kappa shape index (κ1) is 14.4. The Labute approximate surface area is 131 Å². The summed E-state index contributed by atoms with van der Waals surface area (Å²) in [6, 6.07) is 3.33. The van der Waals surface area contributed by atoms with E-state index in [1.807, 2.05) is 0 Å². The van der Waals surface area contributed by atoms with Crippen LogP contribution in [-0.4, -0.2) is 15.1 Å². The molecule has 5 nitrogen and oxygen atoms in total. The molecule has 19 heavy (non-hydrogen) atoms. The average molecular weight is 406 g/mol. The van der Waals surface area contributed by atoms with Gasteiger partial charge in [0.05, 0.1) is 16.0 Å². The molecule has 0 aliphatic heterocycles. The number of halogens is 3. The molecule has 0 aliphatic carbocycles. The predicted octanol–water partition coefficient (Wildman–Crippen LogP) is 4.64. The smallest absolute Gasteiger partial charge is 0.268 e. The first-order chi connectivity index (χ1) is 9.06. The third kappa shape index (κ3) is 3.95. The summed E-state index contributed by atoms with van der Waals surface area (Å²) in [6.07, 6.45) is 3.16. The quantitative estimate of drug-likeness (QED) is 0.755. The van der Waals surface area contributed by atoms with Crippen LogP contribution in [0.25, 0.3) is 0 Å². The molecule has 1 heterocycles. The SMILES string of the molecule is Oc1c(Cl)cc(Br)cc1CN=Nc1ncc(Br)cn1. The van der Waals surface area contributed by atoms with E-state index >= 15 is 0 Å². The Bertz CT molecular complexity index is 619. The Morgan fingerprint density at radius 2 is 1.84 bits per heavy atom. The van der Waals surface area contributed by atoms with E-state index in [9.17, 15) is 5.11 Å². The molecule has 0 radical (unpaired) electrons. The first-order valence-corrected chi connectivity index (χ1v) is 7.04. The summed E-state index contributed by atoms with van der Waals surface area (Å²) in [5, 5.41) is 17.8. The highest BCUT2D eigenvalue weighted by Crippen LogP contribution is 2.31. The Morgan fingerprint density at radius 3 is 2.53 bits per heavy atom. The number of benzene rings is 1. The fourth-order valence-electron chi connectivity index (χ4n) is 1.27. The van der Waals surface area contributed by atoms with Gasteiger partial charge in [-0.25, -0.2) is 9.97 Å². The lowest BCUT2D eigenvalue weighted by Gasteiger charge is -2.03. The summed E-state index contributed by atoms with van der Waals surface area (Å²) >= 11 is 12.4. The number of phenolic OH excluding ortho intramolecular Hbond substituents is 1. The lowest BCUT2D eigenvalue weighted by Crippen LogP contribution is -1.85. The number of aromatic hydroxyl groups is 1. The minimum absolute atomic E-state index is 0.000501. The molecule has 2 rings (SSSR count). The van der Waals surface area contributed by atoms with Gasteiger partial charge in [0, 0.05) is 22.4 Å². The van der Waals surface area contributed by atoms with Crippen LogP contribution in [0.2, 0.25) is 5.02 Å². The standard InChI is InChI=1S/C11H7Br2ClN4O/c12-7-1-6(10(19)9(14)2-7)3-17-18-11-15-4-8(13)5-16-11/h1-2,4-5,19H,3H2. The van der Waals surface area contributed by atoms with Crippen LogP contribution in [0.15, 0.2) is 43.7 Å². The zero-order chi connectivity index (χ0) is 13.8. The summed E-state index contributed by atoms with van der Waals surface area (Å²) in [7, 11) is 0. The molecule has 2 aromatic rings. The predicted molar refractivity (Wildman–Crippen MR) is 78.8 cm³/mol. The molecule has 0 amide bonds. The van der Waals surface area contributed by atoms with Crippen molar-refractivity contribution in [3.63, 3.8) is 0 Å². The van der Waals surface area contributed by atoms with Crippen molar-refractivity contribution in [3.05, 3.63) is 44.1 Å². The molecular formula is C11H7Br2ClN4O. The summed E-state index contributed by atoms with van der Waals surface area (Å²) in [4.78, 5) is 7.90. The third-order valence-corrected chi connectivity index (χ3v) is 3.27. The number of azo groups is 1. The second-order valence-corrected chi connectivity index (χ2v) is 5.73. The molecular weight excluding hydrogens is 399 g/mol. The van der Waals surface area contributed by atoms with E-state index in [0.717, 1.165) is 8.95 Å². The highest BCUT2D eigenvalue weighted by Gasteiger charge is 2.07. The van der Waals surface area contributed by atoms with Crippen LogP contribution in [0.3, 0.4) is 0 Å². The van der Waals surface area contributed by atoms with Crippen LogP contribution in [0.5, 0.6) is 5.75 Å². The summed E-state index contributed by atoms with van der Waals surface area (Å²) in [6.45, 7) is 0.185.